The monoisotopic (exact) mass is 381 g/mol. The Morgan fingerprint density at radius 1 is 0.862 bits per heavy atom. The zero-order chi connectivity index (χ0) is 19.6. The van der Waals surface area contributed by atoms with E-state index < -0.39 is 0 Å². The minimum Gasteiger partial charge on any atom is -0.506 e. The van der Waals surface area contributed by atoms with Crippen LogP contribution in [-0.2, 0) is 0 Å². The predicted octanol–water partition coefficient (Wildman–Crippen LogP) is 5.80. The van der Waals surface area contributed by atoms with Crippen LogP contribution in [0.5, 0.6) is 5.75 Å². The number of aromatic nitrogens is 3. The number of rotatable bonds is 4. The quantitative estimate of drug-likeness (QED) is 0.398. The summed E-state index contributed by atoms with van der Waals surface area (Å²) in [6.07, 6.45) is 1.57. The number of phenols is 1. The summed E-state index contributed by atoms with van der Waals surface area (Å²) in [6, 6.07) is 23.9. The second kappa shape index (κ2) is 7.05. The molecule has 0 aliphatic heterocycles. The molecule has 2 heterocycles. The summed E-state index contributed by atoms with van der Waals surface area (Å²) in [5.74, 6) is 0.614. The first kappa shape index (κ1) is 16.9. The lowest BCUT2D eigenvalue weighted by Crippen LogP contribution is -1.97. The Hall–Kier alpha value is -4.26. The first-order valence-corrected chi connectivity index (χ1v) is 8.98. The smallest absolute Gasteiger partial charge is 0.142 e. The van der Waals surface area contributed by atoms with Gasteiger partial charge in [0.05, 0.1) is 23.2 Å². The van der Waals surface area contributed by atoms with Crippen molar-refractivity contribution in [2.24, 2.45) is 10.2 Å². The van der Waals surface area contributed by atoms with E-state index in [1.165, 1.54) is 0 Å². The molecule has 7 nitrogen and oxygen atoms in total. The lowest BCUT2D eigenvalue weighted by atomic mass is 10.1. The van der Waals surface area contributed by atoms with E-state index in [0.717, 1.165) is 16.7 Å². The number of hydrogen-bond acceptors (Lipinski definition) is 6. The van der Waals surface area contributed by atoms with Crippen molar-refractivity contribution in [3.05, 3.63) is 85.1 Å². The summed E-state index contributed by atoms with van der Waals surface area (Å²) in [6.45, 7) is 0. The highest BCUT2D eigenvalue weighted by molar-refractivity contribution is 5.81. The maximum atomic E-state index is 10.7. The molecule has 1 N–H and O–H groups in total. The second-order valence-electron chi connectivity index (χ2n) is 6.36. The first-order chi connectivity index (χ1) is 14.3. The Balaban J connectivity index is 1.68. The number of aromatic hydroxyl groups is 1. The fourth-order valence-electron chi connectivity index (χ4n) is 3.10. The molecule has 0 unspecified atom stereocenters. The van der Waals surface area contributed by atoms with Gasteiger partial charge >= 0.3 is 0 Å². The minimum absolute atomic E-state index is 0.0331. The maximum absolute atomic E-state index is 10.7. The molecule has 140 valence electrons. The molecule has 7 heteroatoms. The normalized spacial score (nSPS) is 11.4. The van der Waals surface area contributed by atoms with Crippen molar-refractivity contribution in [3.8, 4) is 22.8 Å². The maximum Gasteiger partial charge on any atom is 0.142 e. The molecule has 0 spiro atoms. The van der Waals surface area contributed by atoms with E-state index in [1.54, 1.807) is 35.2 Å². The Kier molecular flexibility index (Phi) is 4.10. The average molecular weight is 381 g/mol. The van der Waals surface area contributed by atoms with E-state index in [4.69, 9.17) is 4.42 Å². The third-order valence-electron chi connectivity index (χ3n) is 4.49. The molecule has 29 heavy (non-hydrogen) atoms. The van der Waals surface area contributed by atoms with Crippen LogP contribution in [0.1, 0.15) is 0 Å². The second-order valence-corrected chi connectivity index (χ2v) is 6.36. The standard InChI is InChI=1S/C22H15N5O2/c28-21-13-16(22-11-6-12-29-22)18(24-23-15-7-2-1-3-8-15)14-20(21)27-19-10-5-4-9-17(19)25-26-27/h1-14,28H. The molecular weight excluding hydrogens is 366 g/mol. The lowest BCUT2D eigenvalue weighted by Gasteiger charge is -2.09. The molecular formula is C22H15N5O2. The van der Waals surface area contributed by atoms with Crippen molar-refractivity contribution in [2.45, 2.75) is 0 Å². The van der Waals surface area contributed by atoms with Gasteiger partial charge in [0, 0.05) is 5.56 Å². The Morgan fingerprint density at radius 3 is 2.52 bits per heavy atom. The highest BCUT2D eigenvalue weighted by Gasteiger charge is 2.17. The molecule has 0 bridgehead atoms. The third-order valence-corrected chi connectivity index (χ3v) is 4.49. The fraction of sp³-hybridized carbons (Fsp3) is 0. The fourth-order valence-corrected chi connectivity index (χ4v) is 3.10. The number of nitrogens with zero attached hydrogens (tertiary/aromatic N) is 5. The van der Waals surface area contributed by atoms with E-state index >= 15 is 0 Å². The molecule has 2 aromatic heterocycles. The molecule has 0 aliphatic rings. The van der Waals surface area contributed by atoms with Gasteiger partial charge in [-0.05, 0) is 48.5 Å². The third kappa shape index (κ3) is 3.14. The predicted molar refractivity (Wildman–Crippen MR) is 109 cm³/mol. The van der Waals surface area contributed by atoms with E-state index in [0.29, 0.717) is 22.7 Å². The van der Waals surface area contributed by atoms with Gasteiger partial charge in [0.2, 0.25) is 0 Å². The number of phenolic OH excluding ortho intramolecular Hbond substituents is 1. The van der Waals surface area contributed by atoms with Gasteiger partial charge in [-0.1, -0.05) is 35.5 Å². The number of para-hydroxylation sites is 1. The van der Waals surface area contributed by atoms with Crippen LogP contribution in [0.25, 0.3) is 28.0 Å². The summed E-state index contributed by atoms with van der Waals surface area (Å²) in [4.78, 5) is 0. The van der Waals surface area contributed by atoms with Crippen LogP contribution in [0.3, 0.4) is 0 Å². The van der Waals surface area contributed by atoms with E-state index in [2.05, 4.69) is 20.5 Å². The van der Waals surface area contributed by atoms with Crippen LogP contribution in [0, 0.1) is 0 Å². The molecule has 0 atom stereocenters. The molecule has 0 saturated carbocycles. The van der Waals surface area contributed by atoms with E-state index in [-0.39, 0.29) is 5.75 Å². The van der Waals surface area contributed by atoms with Crippen molar-refractivity contribution < 1.29 is 9.52 Å². The highest BCUT2D eigenvalue weighted by atomic mass is 16.3. The largest absolute Gasteiger partial charge is 0.506 e. The Bertz CT molecular complexity index is 1310. The molecule has 5 rings (SSSR count). The zero-order valence-electron chi connectivity index (χ0n) is 15.2. The Labute approximate surface area is 165 Å². The number of hydrogen-bond donors (Lipinski definition) is 1. The van der Waals surface area contributed by atoms with Gasteiger partial charge in [-0.3, -0.25) is 0 Å². The van der Waals surface area contributed by atoms with Gasteiger partial charge in [0.25, 0.3) is 0 Å². The van der Waals surface area contributed by atoms with Gasteiger partial charge in [-0.25, -0.2) is 4.68 Å². The first-order valence-electron chi connectivity index (χ1n) is 8.98. The van der Waals surface area contributed by atoms with Gasteiger partial charge in [-0.2, -0.15) is 5.11 Å². The number of benzene rings is 3. The lowest BCUT2D eigenvalue weighted by molar-refractivity contribution is 0.470. The van der Waals surface area contributed by atoms with E-state index in [1.807, 2.05) is 54.6 Å². The van der Waals surface area contributed by atoms with E-state index in [9.17, 15) is 5.11 Å². The zero-order valence-corrected chi connectivity index (χ0v) is 15.2. The van der Waals surface area contributed by atoms with Gasteiger partial charge in [0.15, 0.2) is 0 Å². The van der Waals surface area contributed by atoms with Crippen LogP contribution in [0.15, 0.2) is 99.8 Å². The summed E-state index contributed by atoms with van der Waals surface area (Å²) in [7, 11) is 0. The molecule has 3 aromatic carbocycles. The summed E-state index contributed by atoms with van der Waals surface area (Å²) in [5.41, 5.74) is 3.85. The van der Waals surface area contributed by atoms with Crippen LogP contribution >= 0.6 is 0 Å². The van der Waals surface area contributed by atoms with Gasteiger partial charge in [0.1, 0.15) is 22.7 Å². The SMILES string of the molecule is Oc1cc(-c2ccco2)c(N=Nc2ccccc2)cc1-n1nnc2ccccc21. The highest BCUT2D eigenvalue weighted by Crippen LogP contribution is 2.39. The Morgan fingerprint density at radius 2 is 1.69 bits per heavy atom. The van der Waals surface area contributed by atoms with Gasteiger partial charge in [-0.15, -0.1) is 10.2 Å². The minimum atomic E-state index is 0.0331. The van der Waals surface area contributed by atoms with Crippen LogP contribution < -0.4 is 0 Å². The van der Waals surface area contributed by atoms with Crippen molar-refractivity contribution in [3.63, 3.8) is 0 Å². The summed E-state index contributed by atoms with van der Waals surface area (Å²) < 4.78 is 7.10. The number of furan rings is 1. The van der Waals surface area contributed by atoms with Crippen LogP contribution in [0.4, 0.5) is 11.4 Å². The topological polar surface area (TPSA) is 88.8 Å². The van der Waals surface area contributed by atoms with Crippen molar-refractivity contribution in [2.75, 3.05) is 0 Å². The molecule has 5 aromatic rings. The molecule has 0 aliphatic carbocycles. The van der Waals surface area contributed by atoms with Crippen molar-refractivity contribution in [1.82, 2.24) is 15.0 Å². The number of fused-ring (bicyclic) bond motifs is 1. The van der Waals surface area contributed by atoms with Crippen LogP contribution in [0.2, 0.25) is 0 Å². The molecule has 0 fully saturated rings. The van der Waals surface area contributed by atoms with Crippen LogP contribution in [-0.4, -0.2) is 20.1 Å². The summed E-state index contributed by atoms with van der Waals surface area (Å²) in [5, 5.41) is 27.8. The molecule has 0 amide bonds. The molecule has 0 saturated heterocycles. The number of azo groups is 1. The average Bonchev–Trinajstić information content (AvgIpc) is 3.44. The van der Waals surface area contributed by atoms with Gasteiger partial charge < -0.3 is 9.52 Å². The molecule has 0 radical (unpaired) electrons. The van der Waals surface area contributed by atoms with Crippen molar-refractivity contribution >= 4 is 22.4 Å². The van der Waals surface area contributed by atoms with Crippen molar-refractivity contribution in [1.29, 1.82) is 0 Å². The summed E-state index contributed by atoms with van der Waals surface area (Å²) >= 11 is 0.